The van der Waals surface area contributed by atoms with Crippen LogP contribution in [0.5, 0.6) is 0 Å². The summed E-state index contributed by atoms with van der Waals surface area (Å²) in [6, 6.07) is 18.3. The van der Waals surface area contributed by atoms with E-state index in [1.807, 2.05) is 42.5 Å². The van der Waals surface area contributed by atoms with Crippen LogP contribution in [0.25, 0.3) is 0 Å². The maximum Gasteiger partial charge on any atom is 0.0945 e. The van der Waals surface area contributed by atoms with Gasteiger partial charge in [0.15, 0.2) is 0 Å². The molecule has 1 atom stereocenters. The number of morpholine rings is 1. The third-order valence-electron chi connectivity index (χ3n) is 4.21. The highest BCUT2D eigenvalue weighted by atomic mass is 16.5. The average Bonchev–Trinajstić information content (AvgIpc) is 2.68. The Balaban J connectivity index is 1.37. The van der Waals surface area contributed by atoms with Crippen molar-refractivity contribution in [1.82, 2.24) is 0 Å². The normalized spacial score (nSPS) is 15.8. The number of nitrogens with zero attached hydrogens (tertiary/aromatic N) is 1. The van der Waals surface area contributed by atoms with E-state index in [4.69, 9.17) is 9.47 Å². The van der Waals surface area contributed by atoms with E-state index < -0.39 is 6.10 Å². The van der Waals surface area contributed by atoms with Crippen LogP contribution in [0.2, 0.25) is 0 Å². The molecule has 2 aromatic carbocycles. The van der Waals surface area contributed by atoms with E-state index in [1.165, 1.54) is 5.69 Å². The summed E-state index contributed by atoms with van der Waals surface area (Å²) in [5.74, 6) is 0. The highest BCUT2D eigenvalue weighted by Crippen LogP contribution is 2.19. The molecule has 0 spiro atoms. The van der Waals surface area contributed by atoms with Gasteiger partial charge < -0.3 is 24.8 Å². The van der Waals surface area contributed by atoms with Crippen LogP contribution in [-0.4, -0.2) is 50.7 Å². The second-order valence-electron chi connectivity index (χ2n) is 6.18. The Morgan fingerprint density at radius 2 is 1.76 bits per heavy atom. The van der Waals surface area contributed by atoms with Crippen molar-refractivity contribution in [2.24, 2.45) is 0 Å². The zero-order valence-corrected chi connectivity index (χ0v) is 14.4. The number of rotatable bonds is 8. The largest absolute Gasteiger partial charge is 0.389 e. The Bertz CT molecular complexity index is 613. The number of anilines is 2. The van der Waals surface area contributed by atoms with Crippen LogP contribution in [0.1, 0.15) is 5.56 Å². The van der Waals surface area contributed by atoms with E-state index in [9.17, 15) is 5.11 Å². The smallest absolute Gasteiger partial charge is 0.0945 e. The van der Waals surface area contributed by atoms with E-state index in [2.05, 4.69) is 22.3 Å². The molecule has 0 bridgehead atoms. The van der Waals surface area contributed by atoms with Crippen molar-refractivity contribution >= 4 is 11.4 Å². The number of benzene rings is 2. The molecule has 2 aromatic rings. The first-order chi connectivity index (χ1) is 12.3. The first kappa shape index (κ1) is 17.7. The summed E-state index contributed by atoms with van der Waals surface area (Å²) in [6.07, 6.45) is -0.539. The summed E-state index contributed by atoms with van der Waals surface area (Å²) in [6.45, 7) is 4.74. The number of nitrogens with one attached hydrogen (secondary N) is 1. The molecule has 134 valence electrons. The van der Waals surface area contributed by atoms with Gasteiger partial charge in [-0.25, -0.2) is 0 Å². The molecule has 5 heteroatoms. The maximum absolute atomic E-state index is 10.0. The quantitative estimate of drug-likeness (QED) is 0.772. The molecule has 1 heterocycles. The Hall–Kier alpha value is -2.08. The van der Waals surface area contributed by atoms with Crippen LogP contribution in [0.15, 0.2) is 54.6 Å². The SMILES string of the molecule is OC(CNc1ccc(N2CCOCC2)cc1)COCc1ccccc1. The van der Waals surface area contributed by atoms with Crippen LogP contribution in [0.3, 0.4) is 0 Å². The lowest BCUT2D eigenvalue weighted by Gasteiger charge is -2.29. The van der Waals surface area contributed by atoms with E-state index in [0.717, 1.165) is 37.6 Å². The van der Waals surface area contributed by atoms with Crippen molar-refractivity contribution < 1.29 is 14.6 Å². The molecule has 0 radical (unpaired) electrons. The number of hydrogen-bond donors (Lipinski definition) is 2. The van der Waals surface area contributed by atoms with Gasteiger partial charge in [0.05, 0.1) is 32.5 Å². The molecule has 2 N–H and O–H groups in total. The third-order valence-corrected chi connectivity index (χ3v) is 4.21. The number of aliphatic hydroxyl groups is 1. The first-order valence-corrected chi connectivity index (χ1v) is 8.77. The van der Waals surface area contributed by atoms with Crippen LogP contribution >= 0.6 is 0 Å². The van der Waals surface area contributed by atoms with Crippen molar-refractivity contribution in [3.05, 3.63) is 60.2 Å². The van der Waals surface area contributed by atoms with Crippen molar-refractivity contribution in [3.63, 3.8) is 0 Å². The van der Waals surface area contributed by atoms with Gasteiger partial charge in [0, 0.05) is 31.0 Å². The zero-order chi connectivity index (χ0) is 17.3. The van der Waals surface area contributed by atoms with Gasteiger partial charge in [0.1, 0.15) is 0 Å². The van der Waals surface area contributed by atoms with Crippen molar-refractivity contribution in [2.75, 3.05) is 49.7 Å². The summed E-state index contributed by atoms with van der Waals surface area (Å²) in [4.78, 5) is 2.32. The zero-order valence-electron chi connectivity index (χ0n) is 14.4. The maximum atomic E-state index is 10.0. The van der Waals surface area contributed by atoms with Gasteiger partial charge in [0.25, 0.3) is 0 Å². The minimum atomic E-state index is -0.539. The minimum Gasteiger partial charge on any atom is -0.389 e. The highest BCUT2D eigenvalue weighted by Gasteiger charge is 2.11. The van der Waals surface area contributed by atoms with Crippen LogP contribution in [0, 0.1) is 0 Å². The first-order valence-electron chi connectivity index (χ1n) is 8.77. The van der Waals surface area contributed by atoms with Crippen molar-refractivity contribution in [1.29, 1.82) is 0 Å². The van der Waals surface area contributed by atoms with Gasteiger partial charge in [-0.3, -0.25) is 0 Å². The van der Waals surface area contributed by atoms with Crippen LogP contribution < -0.4 is 10.2 Å². The van der Waals surface area contributed by atoms with Gasteiger partial charge >= 0.3 is 0 Å². The Morgan fingerprint density at radius 3 is 2.48 bits per heavy atom. The molecule has 25 heavy (non-hydrogen) atoms. The molecule has 0 aromatic heterocycles. The summed E-state index contributed by atoms with van der Waals surface area (Å²) in [7, 11) is 0. The van der Waals surface area contributed by atoms with Crippen molar-refractivity contribution in [2.45, 2.75) is 12.7 Å². The number of aliphatic hydroxyl groups excluding tert-OH is 1. The number of ether oxygens (including phenoxy) is 2. The van der Waals surface area contributed by atoms with E-state index in [-0.39, 0.29) is 0 Å². The lowest BCUT2D eigenvalue weighted by atomic mass is 10.2. The topological polar surface area (TPSA) is 54.0 Å². The molecule has 1 saturated heterocycles. The van der Waals surface area contributed by atoms with Gasteiger partial charge in [-0.15, -0.1) is 0 Å². The molecule has 1 aliphatic rings. The second kappa shape index (κ2) is 9.42. The molecule has 1 fully saturated rings. The summed E-state index contributed by atoms with van der Waals surface area (Å²) in [5.41, 5.74) is 3.32. The fraction of sp³-hybridized carbons (Fsp3) is 0.400. The van der Waals surface area contributed by atoms with E-state index in [1.54, 1.807) is 0 Å². The molecule has 0 aliphatic carbocycles. The lowest BCUT2D eigenvalue weighted by molar-refractivity contribution is 0.0348. The standard InChI is InChI=1S/C20H26N2O3/c23-20(16-25-15-17-4-2-1-3-5-17)14-21-18-6-8-19(9-7-18)22-10-12-24-13-11-22/h1-9,20-21,23H,10-16H2. The fourth-order valence-corrected chi connectivity index (χ4v) is 2.79. The van der Waals surface area contributed by atoms with Gasteiger partial charge in [-0.05, 0) is 29.8 Å². The Morgan fingerprint density at radius 1 is 1.04 bits per heavy atom. The average molecular weight is 342 g/mol. The molecule has 0 saturated carbocycles. The fourth-order valence-electron chi connectivity index (χ4n) is 2.79. The minimum absolute atomic E-state index is 0.313. The molecule has 1 unspecified atom stereocenters. The molecule has 5 nitrogen and oxygen atoms in total. The Labute approximate surface area is 149 Å². The molecule has 0 amide bonds. The van der Waals surface area contributed by atoms with Crippen LogP contribution in [-0.2, 0) is 16.1 Å². The van der Waals surface area contributed by atoms with Crippen LogP contribution in [0.4, 0.5) is 11.4 Å². The van der Waals surface area contributed by atoms with Crippen molar-refractivity contribution in [3.8, 4) is 0 Å². The molecule has 1 aliphatic heterocycles. The monoisotopic (exact) mass is 342 g/mol. The molecule has 3 rings (SSSR count). The predicted molar refractivity (Wildman–Crippen MR) is 100 cm³/mol. The third kappa shape index (κ3) is 5.74. The molecular weight excluding hydrogens is 316 g/mol. The summed E-state index contributed by atoms with van der Waals surface area (Å²) in [5, 5.41) is 13.3. The van der Waals surface area contributed by atoms with E-state index >= 15 is 0 Å². The van der Waals surface area contributed by atoms with E-state index in [0.29, 0.717) is 19.8 Å². The molecular formula is C20H26N2O3. The van der Waals surface area contributed by atoms with Gasteiger partial charge in [-0.1, -0.05) is 30.3 Å². The summed E-state index contributed by atoms with van der Waals surface area (Å²) >= 11 is 0. The predicted octanol–water partition coefficient (Wildman–Crippen LogP) is 2.51. The van der Waals surface area contributed by atoms with Gasteiger partial charge in [0.2, 0.25) is 0 Å². The number of hydrogen-bond acceptors (Lipinski definition) is 5. The second-order valence-corrected chi connectivity index (χ2v) is 6.18. The van der Waals surface area contributed by atoms with Gasteiger partial charge in [-0.2, -0.15) is 0 Å². The summed E-state index contributed by atoms with van der Waals surface area (Å²) < 4.78 is 10.9. The lowest BCUT2D eigenvalue weighted by Crippen LogP contribution is -2.36. The highest BCUT2D eigenvalue weighted by molar-refractivity contribution is 5.55. The Kier molecular flexibility index (Phi) is 6.68.